The molecule has 8 heteroatoms. The number of carbonyl (C=O) groups is 3. The van der Waals surface area contributed by atoms with E-state index >= 15 is 0 Å². The smallest absolute Gasteiger partial charge is 0.372 e. The highest BCUT2D eigenvalue weighted by molar-refractivity contribution is 5.80. The summed E-state index contributed by atoms with van der Waals surface area (Å²) in [5.74, 6) is -1.34. The lowest BCUT2D eigenvalue weighted by molar-refractivity contribution is -1.03. The summed E-state index contributed by atoms with van der Waals surface area (Å²) >= 11 is 0. The summed E-state index contributed by atoms with van der Waals surface area (Å²) in [6.07, 6.45) is -2.98. The molecule has 1 heterocycles. The van der Waals surface area contributed by atoms with Crippen LogP contribution in [0.25, 0.3) is 0 Å². The fourth-order valence-corrected chi connectivity index (χ4v) is 4.49. The van der Waals surface area contributed by atoms with E-state index in [0.717, 1.165) is 0 Å². The zero-order valence-corrected chi connectivity index (χ0v) is 16.8. The molecule has 0 aromatic heterocycles. The standard InChI is InChI=1S/C20H28N2O6/c1-5-20(16(23)24)14-22(18(27)28,19(2,3)4)12-11-21(20,17(25)26)13-15-9-7-6-8-10-15/h6-10H,5,11-14H2,1-4H3,(H-2,23,24,25,26,27,28)/t20?,21-,22?/m0/s1. The van der Waals surface area contributed by atoms with Gasteiger partial charge in [-0.25, -0.2) is 9.28 Å². The Balaban J connectivity index is 2.72. The molecule has 8 nitrogen and oxygen atoms in total. The van der Waals surface area contributed by atoms with Gasteiger partial charge in [0.25, 0.3) is 17.7 Å². The number of amides is 2. The predicted molar refractivity (Wildman–Crippen MR) is 96.5 cm³/mol. The van der Waals surface area contributed by atoms with E-state index in [4.69, 9.17) is 0 Å². The van der Waals surface area contributed by atoms with Crippen LogP contribution in [-0.2, 0) is 11.3 Å². The van der Waals surface area contributed by atoms with Crippen molar-refractivity contribution in [1.29, 1.82) is 0 Å². The molecule has 28 heavy (non-hydrogen) atoms. The lowest BCUT2D eigenvalue weighted by Crippen LogP contribution is -2.86. The first kappa shape index (κ1) is 21.8. The lowest BCUT2D eigenvalue weighted by atomic mass is 9.82. The maximum atomic E-state index is 12.5. The van der Waals surface area contributed by atoms with E-state index in [9.17, 15) is 29.7 Å². The van der Waals surface area contributed by atoms with Crippen LogP contribution in [0.15, 0.2) is 30.3 Å². The number of hydrogen-bond acceptors (Lipinski definition) is 5. The minimum absolute atomic E-state index is 0.0630. The van der Waals surface area contributed by atoms with Crippen molar-refractivity contribution in [2.45, 2.75) is 51.7 Å². The Kier molecular flexibility index (Phi) is 5.60. The number of carbonyl (C=O) groups excluding carboxylic acids is 2. The van der Waals surface area contributed by atoms with Gasteiger partial charge in [0, 0.05) is 12.0 Å². The highest BCUT2D eigenvalue weighted by atomic mass is 16.4. The van der Waals surface area contributed by atoms with Crippen LogP contribution in [-0.4, -0.2) is 62.9 Å². The van der Waals surface area contributed by atoms with E-state index in [1.54, 1.807) is 58.0 Å². The molecule has 1 aromatic rings. The Labute approximate surface area is 164 Å². The summed E-state index contributed by atoms with van der Waals surface area (Å²) in [4.78, 5) is 37.1. The van der Waals surface area contributed by atoms with Crippen LogP contribution in [0, 0.1) is 0 Å². The minimum atomic E-state index is -1.87. The van der Waals surface area contributed by atoms with Gasteiger partial charge in [-0.3, -0.25) is 4.48 Å². The molecule has 154 valence electrons. The Morgan fingerprint density at radius 1 is 1.07 bits per heavy atom. The molecule has 0 aliphatic carbocycles. The van der Waals surface area contributed by atoms with Gasteiger partial charge in [-0.2, -0.15) is 0 Å². The quantitative estimate of drug-likeness (QED) is 0.748. The average Bonchev–Trinajstić information content (AvgIpc) is 2.61. The Bertz CT molecular complexity index is 775. The number of carboxylic acids is 1. The number of piperazine rings is 1. The minimum Gasteiger partial charge on any atom is -0.498 e. The summed E-state index contributed by atoms with van der Waals surface area (Å²) in [5.41, 5.74) is -2.10. The van der Waals surface area contributed by atoms with Crippen molar-refractivity contribution >= 4 is 18.2 Å². The van der Waals surface area contributed by atoms with Crippen LogP contribution in [0.1, 0.15) is 39.7 Å². The van der Waals surface area contributed by atoms with Gasteiger partial charge in [0.2, 0.25) is 0 Å². The van der Waals surface area contributed by atoms with Gasteiger partial charge in [-0.15, -0.1) is 0 Å². The Hall–Kier alpha value is -2.45. The molecule has 0 saturated carbocycles. The van der Waals surface area contributed by atoms with E-state index in [2.05, 4.69) is 0 Å². The third-order valence-electron chi connectivity index (χ3n) is 6.48. The average molecular weight is 392 g/mol. The molecule has 1 fully saturated rings. The van der Waals surface area contributed by atoms with Crippen LogP contribution < -0.4 is 10.2 Å². The van der Waals surface area contributed by atoms with Gasteiger partial charge >= 0.3 is 5.97 Å². The van der Waals surface area contributed by atoms with Crippen molar-refractivity contribution in [2.75, 3.05) is 19.6 Å². The highest BCUT2D eigenvalue weighted by Crippen LogP contribution is 2.42. The summed E-state index contributed by atoms with van der Waals surface area (Å²) in [5, 5.41) is 34.8. The first-order valence-electron chi connectivity index (χ1n) is 9.33. The molecule has 0 bridgehead atoms. The van der Waals surface area contributed by atoms with Gasteiger partial charge in [0.1, 0.15) is 19.6 Å². The normalized spacial score (nSPS) is 30.6. The molecule has 2 rings (SSSR count). The van der Waals surface area contributed by atoms with Crippen molar-refractivity contribution in [3.8, 4) is 0 Å². The molecular formula is C20H28N2O6. The molecule has 1 saturated heterocycles. The van der Waals surface area contributed by atoms with E-state index < -0.39 is 44.7 Å². The second-order valence-electron chi connectivity index (χ2n) is 8.58. The molecule has 1 aliphatic heterocycles. The molecule has 1 aromatic carbocycles. The van der Waals surface area contributed by atoms with Gasteiger partial charge in [-0.1, -0.05) is 37.3 Å². The zero-order chi connectivity index (χ0) is 21.4. The molecule has 0 radical (unpaired) electrons. The van der Waals surface area contributed by atoms with Crippen LogP contribution in [0.5, 0.6) is 0 Å². The van der Waals surface area contributed by atoms with Crippen molar-refractivity contribution < 1.29 is 38.7 Å². The number of carboxylic acid groups (broad SMARTS) is 3. The topological polar surface area (TPSA) is 118 Å². The number of aliphatic carboxylic acids is 1. The van der Waals surface area contributed by atoms with Crippen molar-refractivity contribution in [2.24, 2.45) is 0 Å². The first-order valence-corrected chi connectivity index (χ1v) is 9.33. The number of benzene rings is 1. The number of hydrogen-bond donors (Lipinski definition) is 1. The number of nitrogens with zero attached hydrogens (tertiary/aromatic N) is 2. The summed E-state index contributed by atoms with van der Waals surface area (Å²) in [6, 6.07) is 8.73. The van der Waals surface area contributed by atoms with Gasteiger partial charge in [0.15, 0.2) is 6.54 Å². The summed E-state index contributed by atoms with van der Waals surface area (Å²) in [7, 11) is 0. The molecular weight excluding hydrogens is 364 g/mol. The predicted octanol–water partition coefficient (Wildman–Crippen LogP) is 0.552. The maximum absolute atomic E-state index is 12.5. The monoisotopic (exact) mass is 392 g/mol. The Morgan fingerprint density at radius 2 is 1.64 bits per heavy atom. The van der Waals surface area contributed by atoms with E-state index in [1.807, 2.05) is 0 Å². The van der Waals surface area contributed by atoms with E-state index in [0.29, 0.717) is 5.56 Å². The second-order valence-corrected chi connectivity index (χ2v) is 8.58. The SMILES string of the molecule is CCC1(C(=O)O)C[N+](C(=O)[O-])(C(C)(C)C)CC[N@+]1(Cc1ccccc1)C(=O)[O-]. The van der Waals surface area contributed by atoms with Gasteiger partial charge in [-0.05, 0) is 20.8 Å². The molecule has 1 aliphatic rings. The summed E-state index contributed by atoms with van der Waals surface area (Å²) in [6.45, 7) is 5.91. The molecule has 2 unspecified atom stereocenters. The van der Waals surface area contributed by atoms with Crippen molar-refractivity contribution in [3.05, 3.63) is 35.9 Å². The Morgan fingerprint density at radius 3 is 2.04 bits per heavy atom. The fourth-order valence-electron chi connectivity index (χ4n) is 4.49. The second kappa shape index (κ2) is 7.18. The number of quaternary nitrogens is 2. The van der Waals surface area contributed by atoms with Crippen molar-refractivity contribution in [1.82, 2.24) is 0 Å². The summed E-state index contributed by atoms with van der Waals surface area (Å²) < 4.78 is -1.48. The third-order valence-corrected chi connectivity index (χ3v) is 6.48. The fraction of sp³-hybridized carbons (Fsp3) is 0.550. The zero-order valence-electron chi connectivity index (χ0n) is 16.8. The van der Waals surface area contributed by atoms with Crippen molar-refractivity contribution in [3.63, 3.8) is 0 Å². The van der Waals surface area contributed by atoms with Crippen LogP contribution in [0.4, 0.5) is 9.59 Å². The maximum Gasteiger partial charge on any atom is 0.372 e. The van der Waals surface area contributed by atoms with Crippen LogP contribution in [0.3, 0.4) is 0 Å². The highest BCUT2D eigenvalue weighted by Gasteiger charge is 2.68. The lowest BCUT2D eigenvalue weighted by Gasteiger charge is -2.60. The largest absolute Gasteiger partial charge is 0.498 e. The molecule has 1 N–H and O–H groups in total. The van der Waals surface area contributed by atoms with Crippen LogP contribution in [0.2, 0.25) is 0 Å². The van der Waals surface area contributed by atoms with Gasteiger partial charge < -0.3 is 24.9 Å². The molecule has 3 atom stereocenters. The van der Waals surface area contributed by atoms with E-state index in [1.165, 1.54) is 0 Å². The number of rotatable bonds is 4. The van der Waals surface area contributed by atoms with Crippen LogP contribution >= 0.6 is 0 Å². The van der Waals surface area contributed by atoms with Gasteiger partial charge in [0.05, 0.1) is 5.54 Å². The molecule has 2 amide bonds. The first-order chi connectivity index (χ1) is 12.9. The third kappa shape index (κ3) is 3.06. The van der Waals surface area contributed by atoms with E-state index in [-0.39, 0.29) is 26.1 Å². The molecule has 0 spiro atoms.